The Kier molecular flexibility index (Phi) is 2.78. The fourth-order valence-electron chi connectivity index (χ4n) is 1.58. The number of aliphatic hydroxyl groups is 1. The minimum absolute atomic E-state index is 0.670. The lowest BCUT2D eigenvalue weighted by atomic mass is 10.0. The highest BCUT2D eigenvalue weighted by Crippen LogP contribution is 2.21. The molecule has 0 fully saturated rings. The molecule has 1 atom stereocenters. The first-order valence-corrected chi connectivity index (χ1v) is 4.93. The van der Waals surface area contributed by atoms with Crippen molar-refractivity contribution in [2.75, 3.05) is 0 Å². The van der Waals surface area contributed by atoms with Gasteiger partial charge in [0, 0.05) is 17.5 Å². The summed E-state index contributed by atoms with van der Waals surface area (Å²) < 4.78 is 0. The van der Waals surface area contributed by atoms with E-state index in [1.165, 1.54) is 0 Å². The summed E-state index contributed by atoms with van der Waals surface area (Å²) in [6.45, 7) is 2.02. The molecule has 4 nitrogen and oxygen atoms in total. The number of hydrogen-bond donors (Lipinski definition) is 2. The first-order chi connectivity index (χ1) is 7.33. The maximum atomic E-state index is 10.1. The SMILES string of the molecule is CCc1ncccc1C(O)c1cnc[nH]1. The Balaban J connectivity index is 2.37. The number of pyridine rings is 1. The molecule has 2 aromatic rings. The summed E-state index contributed by atoms with van der Waals surface area (Å²) in [5.74, 6) is 0. The number of hydrogen-bond acceptors (Lipinski definition) is 3. The van der Waals surface area contributed by atoms with Gasteiger partial charge in [0.25, 0.3) is 0 Å². The van der Waals surface area contributed by atoms with E-state index in [4.69, 9.17) is 0 Å². The fraction of sp³-hybridized carbons (Fsp3) is 0.273. The number of H-pyrrole nitrogens is 1. The minimum Gasteiger partial charge on any atom is -0.382 e. The third-order valence-electron chi connectivity index (χ3n) is 2.37. The van der Waals surface area contributed by atoms with E-state index in [0.29, 0.717) is 5.69 Å². The van der Waals surface area contributed by atoms with Gasteiger partial charge in [0.1, 0.15) is 6.10 Å². The van der Waals surface area contributed by atoms with Crippen LogP contribution >= 0.6 is 0 Å². The van der Waals surface area contributed by atoms with Gasteiger partial charge in [0.2, 0.25) is 0 Å². The molecule has 4 heteroatoms. The Labute approximate surface area is 88.0 Å². The molecule has 0 aliphatic heterocycles. The molecule has 0 amide bonds. The molecular formula is C11H13N3O. The molecule has 2 N–H and O–H groups in total. The zero-order valence-corrected chi connectivity index (χ0v) is 8.51. The normalized spacial score (nSPS) is 12.7. The van der Waals surface area contributed by atoms with Crippen LogP contribution in [-0.2, 0) is 6.42 Å². The number of aryl methyl sites for hydroxylation is 1. The predicted molar refractivity (Wildman–Crippen MR) is 56.3 cm³/mol. The molecule has 0 radical (unpaired) electrons. The molecule has 0 aliphatic rings. The number of aliphatic hydroxyl groups excluding tert-OH is 1. The van der Waals surface area contributed by atoms with Crippen LogP contribution in [-0.4, -0.2) is 20.1 Å². The van der Waals surface area contributed by atoms with Gasteiger partial charge < -0.3 is 10.1 Å². The van der Waals surface area contributed by atoms with E-state index in [-0.39, 0.29) is 0 Å². The largest absolute Gasteiger partial charge is 0.382 e. The first kappa shape index (κ1) is 9.86. The highest BCUT2D eigenvalue weighted by Gasteiger charge is 2.14. The van der Waals surface area contributed by atoms with Gasteiger partial charge in [-0.25, -0.2) is 4.98 Å². The minimum atomic E-state index is -0.670. The number of imidazole rings is 1. The molecule has 0 aliphatic carbocycles. The molecule has 0 saturated carbocycles. The maximum absolute atomic E-state index is 10.1. The van der Waals surface area contributed by atoms with E-state index in [1.54, 1.807) is 18.7 Å². The summed E-state index contributed by atoms with van der Waals surface area (Å²) in [6, 6.07) is 3.71. The van der Waals surface area contributed by atoms with E-state index in [1.807, 2.05) is 19.1 Å². The number of aromatic amines is 1. The second-order valence-electron chi connectivity index (χ2n) is 3.30. The van der Waals surface area contributed by atoms with Crippen LogP contribution < -0.4 is 0 Å². The third-order valence-corrected chi connectivity index (χ3v) is 2.37. The van der Waals surface area contributed by atoms with Crippen molar-refractivity contribution < 1.29 is 5.11 Å². The van der Waals surface area contributed by atoms with Crippen LogP contribution in [0, 0.1) is 0 Å². The van der Waals surface area contributed by atoms with Crippen LogP contribution in [0.1, 0.15) is 30.0 Å². The van der Waals surface area contributed by atoms with Gasteiger partial charge in [-0.15, -0.1) is 0 Å². The van der Waals surface area contributed by atoms with E-state index in [0.717, 1.165) is 17.7 Å². The van der Waals surface area contributed by atoms with Gasteiger partial charge in [0.15, 0.2) is 0 Å². The third kappa shape index (κ3) is 1.89. The van der Waals surface area contributed by atoms with Crippen molar-refractivity contribution in [2.45, 2.75) is 19.4 Å². The van der Waals surface area contributed by atoms with Crippen molar-refractivity contribution in [2.24, 2.45) is 0 Å². The van der Waals surface area contributed by atoms with E-state index in [2.05, 4.69) is 15.0 Å². The van der Waals surface area contributed by atoms with E-state index in [9.17, 15) is 5.11 Å². The second kappa shape index (κ2) is 4.23. The monoisotopic (exact) mass is 203 g/mol. The van der Waals surface area contributed by atoms with E-state index < -0.39 is 6.10 Å². The average Bonchev–Trinajstić information content (AvgIpc) is 2.81. The number of rotatable bonds is 3. The van der Waals surface area contributed by atoms with Gasteiger partial charge in [-0.3, -0.25) is 4.98 Å². The van der Waals surface area contributed by atoms with Crippen molar-refractivity contribution in [3.63, 3.8) is 0 Å². The van der Waals surface area contributed by atoms with Crippen molar-refractivity contribution in [3.05, 3.63) is 47.8 Å². The van der Waals surface area contributed by atoms with Crippen LogP contribution in [0.2, 0.25) is 0 Å². The quantitative estimate of drug-likeness (QED) is 0.793. The molecule has 0 aromatic carbocycles. The zero-order chi connectivity index (χ0) is 10.7. The van der Waals surface area contributed by atoms with Gasteiger partial charge in [-0.2, -0.15) is 0 Å². The molecule has 1 unspecified atom stereocenters. The summed E-state index contributed by atoms with van der Waals surface area (Å²) in [5.41, 5.74) is 2.45. The number of nitrogens with one attached hydrogen (secondary N) is 1. The average molecular weight is 203 g/mol. The van der Waals surface area contributed by atoms with E-state index >= 15 is 0 Å². The number of aromatic nitrogens is 3. The smallest absolute Gasteiger partial charge is 0.122 e. The second-order valence-corrected chi connectivity index (χ2v) is 3.30. The Morgan fingerprint density at radius 3 is 3.07 bits per heavy atom. The maximum Gasteiger partial charge on any atom is 0.122 e. The molecule has 2 aromatic heterocycles. The summed E-state index contributed by atoms with van der Waals surface area (Å²) >= 11 is 0. The Bertz CT molecular complexity index is 425. The Hall–Kier alpha value is -1.68. The molecule has 78 valence electrons. The molecule has 2 heterocycles. The van der Waals surface area contributed by atoms with Crippen LogP contribution in [0.3, 0.4) is 0 Å². The van der Waals surface area contributed by atoms with Crippen molar-refractivity contribution >= 4 is 0 Å². The van der Waals surface area contributed by atoms with Crippen LogP contribution in [0.4, 0.5) is 0 Å². The Morgan fingerprint density at radius 1 is 1.53 bits per heavy atom. The summed E-state index contributed by atoms with van der Waals surface area (Å²) in [6.07, 6.45) is 5.05. The molecular weight excluding hydrogens is 190 g/mol. The van der Waals surface area contributed by atoms with Gasteiger partial charge in [-0.05, 0) is 12.5 Å². The lowest BCUT2D eigenvalue weighted by molar-refractivity contribution is 0.214. The first-order valence-electron chi connectivity index (χ1n) is 4.93. The zero-order valence-electron chi connectivity index (χ0n) is 8.51. The van der Waals surface area contributed by atoms with Gasteiger partial charge in [0.05, 0.1) is 18.2 Å². The lowest BCUT2D eigenvalue weighted by Gasteiger charge is -2.11. The lowest BCUT2D eigenvalue weighted by Crippen LogP contribution is -2.05. The van der Waals surface area contributed by atoms with Crippen LogP contribution in [0.15, 0.2) is 30.9 Å². The van der Waals surface area contributed by atoms with Gasteiger partial charge in [-0.1, -0.05) is 13.0 Å². The standard InChI is InChI=1S/C11H13N3O/c1-2-9-8(4-3-5-13-9)11(15)10-6-12-7-14-10/h3-7,11,15H,2H2,1H3,(H,12,14). The molecule has 0 spiro atoms. The predicted octanol–water partition coefficient (Wildman–Crippen LogP) is 1.45. The highest BCUT2D eigenvalue weighted by atomic mass is 16.3. The fourth-order valence-corrected chi connectivity index (χ4v) is 1.58. The van der Waals surface area contributed by atoms with Gasteiger partial charge >= 0.3 is 0 Å². The summed E-state index contributed by atoms with van der Waals surface area (Å²) in [4.78, 5) is 11.0. The van der Waals surface area contributed by atoms with Crippen molar-refractivity contribution in [1.82, 2.24) is 15.0 Å². The topological polar surface area (TPSA) is 61.8 Å². The summed E-state index contributed by atoms with van der Waals surface area (Å²) in [5, 5.41) is 10.1. The molecule has 0 bridgehead atoms. The van der Waals surface area contributed by atoms with Crippen LogP contribution in [0.5, 0.6) is 0 Å². The molecule has 0 saturated heterocycles. The molecule has 15 heavy (non-hydrogen) atoms. The van der Waals surface area contributed by atoms with Crippen molar-refractivity contribution in [3.8, 4) is 0 Å². The van der Waals surface area contributed by atoms with Crippen molar-refractivity contribution in [1.29, 1.82) is 0 Å². The number of nitrogens with zero attached hydrogens (tertiary/aromatic N) is 2. The Morgan fingerprint density at radius 2 is 2.40 bits per heavy atom. The highest BCUT2D eigenvalue weighted by molar-refractivity contribution is 5.28. The summed E-state index contributed by atoms with van der Waals surface area (Å²) in [7, 11) is 0. The molecule has 2 rings (SSSR count). The van der Waals surface area contributed by atoms with Crippen LogP contribution in [0.25, 0.3) is 0 Å².